The predicted octanol–water partition coefficient (Wildman–Crippen LogP) is 7.46. The molecule has 2 aromatic heterocycles. The lowest BCUT2D eigenvalue weighted by Gasteiger charge is -2.31. The summed E-state index contributed by atoms with van der Waals surface area (Å²) in [5.74, 6) is -1.85. The lowest BCUT2D eigenvalue weighted by molar-refractivity contribution is 0.0651. The van der Waals surface area contributed by atoms with Gasteiger partial charge < -0.3 is 20.1 Å². The van der Waals surface area contributed by atoms with E-state index in [1.54, 1.807) is 0 Å². The number of likely N-dealkylation sites (tertiary alicyclic amines) is 1. The van der Waals surface area contributed by atoms with Crippen LogP contribution in [0.2, 0.25) is 5.02 Å². The van der Waals surface area contributed by atoms with E-state index in [0.29, 0.717) is 5.92 Å². The first-order valence-electron chi connectivity index (χ1n) is 15.0. The number of piperidine rings is 1. The number of nitrogens with zero attached hydrogens (tertiary/aromatic N) is 3. The second-order valence-corrected chi connectivity index (χ2v) is 11.6. The van der Waals surface area contributed by atoms with E-state index < -0.39 is 11.9 Å². The lowest BCUT2D eigenvalue weighted by Crippen LogP contribution is -2.34. The standard InChI is InChI=1S/C27H31ClN4.C8H6O4/c1-2-4-20-5-3-6-24(15-20)32-19-21(17-30-32)9-12-31-13-10-22(11-14-31)26-18-29-27-8-7-23(28)16-25(26)27;9-7(10)5-3-1-2-4-6(5)8(11)12/h3,5-8,15-19,22,29H,2,4,9-14H2,1H3;1-4H,(H,9,10)(H,11,12). The van der Waals surface area contributed by atoms with Crippen molar-refractivity contribution in [2.75, 3.05) is 19.6 Å². The number of aryl methyl sites for hydroxylation is 1. The molecule has 1 aliphatic rings. The Kier molecular flexibility index (Phi) is 10.1. The van der Waals surface area contributed by atoms with Gasteiger partial charge in [-0.1, -0.05) is 49.2 Å². The lowest BCUT2D eigenvalue weighted by atomic mass is 9.89. The van der Waals surface area contributed by atoms with Crippen molar-refractivity contribution in [3.8, 4) is 5.69 Å². The van der Waals surface area contributed by atoms with Crippen LogP contribution >= 0.6 is 11.6 Å². The van der Waals surface area contributed by atoms with Gasteiger partial charge >= 0.3 is 11.9 Å². The molecule has 0 radical (unpaired) electrons. The summed E-state index contributed by atoms with van der Waals surface area (Å²) in [7, 11) is 0. The average Bonchev–Trinajstić information content (AvgIpc) is 3.68. The van der Waals surface area contributed by atoms with Crippen LogP contribution in [0.4, 0.5) is 0 Å². The van der Waals surface area contributed by atoms with Gasteiger partial charge in [0.05, 0.1) is 23.0 Å². The molecule has 0 saturated carbocycles. The molecule has 5 aromatic rings. The number of aromatic carboxylic acids is 2. The Balaban J connectivity index is 0.000000270. The zero-order valence-electron chi connectivity index (χ0n) is 24.7. The number of aromatic nitrogens is 3. The molecule has 3 N–H and O–H groups in total. The largest absolute Gasteiger partial charge is 0.478 e. The summed E-state index contributed by atoms with van der Waals surface area (Å²) in [5, 5.41) is 23.8. The average molecular weight is 613 g/mol. The number of hydrogen-bond acceptors (Lipinski definition) is 4. The summed E-state index contributed by atoms with van der Waals surface area (Å²) in [5.41, 5.74) is 6.07. The van der Waals surface area contributed by atoms with Crippen molar-refractivity contribution < 1.29 is 19.8 Å². The molecular weight excluding hydrogens is 576 g/mol. The molecule has 0 unspecified atom stereocenters. The number of fused-ring (bicyclic) bond motifs is 1. The van der Waals surface area contributed by atoms with Gasteiger partial charge in [-0.3, -0.25) is 0 Å². The van der Waals surface area contributed by atoms with Crippen LogP contribution in [0, 0.1) is 0 Å². The first kappa shape index (κ1) is 31.0. The van der Waals surface area contributed by atoms with E-state index in [4.69, 9.17) is 21.8 Å². The summed E-state index contributed by atoms with van der Waals surface area (Å²) in [6, 6.07) is 20.3. The molecule has 1 aliphatic heterocycles. The van der Waals surface area contributed by atoms with Gasteiger partial charge in [0, 0.05) is 34.9 Å². The summed E-state index contributed by atoms with van der Waals surface area (Å²) in [4.78, 5) is 26.9. The minimum Gasteiger partial charge on any atom is -0.478 e. The van der Waals surface area contributed by atoms with Gasteiger partial charge in [-0.15, -0.1) is 0 Å². The summed E-state index contributed by atoms with van der Waals surface area (Å²) < 4.78 is 2.02. The quantitative estimate of drug-likeness (QED) is 0.159. The Labute approximate surface area is 261 Å². The van der Waals surface area contributed by atoms with Gasteiger partial charge in [-0.25, -0.2) is 14.3 Å². The number of aromatic amines is 1. The normalized spacial score (nSPS) is 13.9. The van der Waals surface area contributed by atoms with Gasteiger partial charge in [-0.2, -0.15) is 5.10 Å². The van der Waals surface area contributed by atoms with Crippen molar-refractivity contribution in [2.45, 2.75) is 44.9 Å². The van der Waals surface area contributed by atoms with E-state index in [1.165, 1.54) is 71.1 Å². The molecule has 1 fully saturated rings. The van der Waals surface area contributed by atoms with Crippen molar-refractivity contribution in [3.63, 3.8) is 0 Å². The number of carboxylic acid groups (broad SMARTS) is 2. The molecule has 3 heterocycles. The third-order valence-electron chi connectivity index (χ3n) is 8.16. The smallest absolute Gasteiger partial charge is 0.336 e. The van der Waals surface area contributed by atoms with Gasteiger partial charge in [0.2, 0.25) is 0 Å². The number of hydrogen-bond donors (Lipinski definition) is 3. The van der Waals surface area contributed by atoms with Crippen LogP contribution in [0.3, 0.4) is 0 Å². The summed E-state index contributed by atoms with van der Waals surface area (Å²) >= 11 is 6.24. The second-order valence-electron chi connectivity index (χ2n) is 11.2. The Bertz CT molecular complexity index is 1700. The molecule has 0 spiro atoms. The van der Waals surface area contributed by atoms with Crippen LogP contribution in [-0.2, 0) is 12.8 Å². The van der Waals surface area contributed by atoms with Crippen molar-refractivity contribution in [3.05, 3.63) is 118 Å². The molecule has 0 atom stereocenters. The van der Waals surface area contributed by atoms with Crippen molar-refractivity contribution in [1.82, 2.24) is 19.7 Å². The second kappa shape index (κ2) is 14.4. The van der Waals surface area contributed by atoms with Crippen LogP contribution in [0.15, 0.2) is 85.3 Å². The van der Waals surface area contributed by atoms with Gasteiger partial charge in [0.1, 0.15) is 0 Å². The Morgan fingerprint density at radius 3 is 2.34 bits per heavy atom. The number of rotatable bonds is 9. The maximum atomic E-state index is 10.5. The number of benzene rings is 3. The Morgan fingerprint density at radius 1 is 0.932 bits per heavy atom. The number of nitrogens with one attached hydrogen (secondary N) is 1. The molecule has 6 rings (SSSR count). The van der Waals surface area contributed by atoms with Gasteiger partial charge in [-0.05, 0) is 104 Å². The van der Waals surface area contributed by atoms with E-state index in [2.05, 4.69) is 70.7 Å². The van der Waals surface area contributed by atoms with Crippen LogP contribution in [0.25, 0.3) is 16.6 Å². The predicted molar refractivity (Wildman–Crippen MR) is 173 cm³/mol. The highest BCUT2D eigenvalue weighted by molar-refractivity contribution is 6.31. The van der Waals surface area contributed by atoms with E-state index in [1.807, 2.05) is 16.9 Å². The first-order valence-corrected chi connectivity index (χ1v) is 15.4. The van der Waals surface area contributed by atoms with E-state index in [0.717, 1.165) is 43.2 Å². The zero-order chi connectivity index (χ0) is 31.1. The third-order valence-corrected chi connectivity index (χ3v) is 8.39. The fourth-order valence-corrected chi connectivity index (χ4v) is 6.01. The third kappa shape index (κ3) is 7.56. The molecule has 0 aliphatic carbocycles. The Morgan fingerprint density at radius 2 is 1.66 bits per heavy atom. The topological polar surface area (TPSA) is 111 Å². The highest BCUT2D eigenvalue weighted by atomic mass is 35.5. The van der Waals surface area contributed by atoms with Crippen LogP contribution in [0.1, 0.15) is 69.5 Å². The minimum atomic E-state index is -1.23. The molecule has 8 nitrogen and oxygen atoms in total. The SMILES string of the molecule is CCCc1cccc(-n2cc(CCN3CCC(c4c[nH]c5ccc(Cl)cc45)CC3)cn2)c1.O=C(O)c1ccccc1C(=O)O. The van der Waals surface area contributed by atoms with Crippen molar-refractivity contribution in [2.24, 2.45) is 0 Å². The molecule has 1 saturated heterocycles. The monoisotopic (exact) mass is 612 g/mol. The highest BCUT2D eigenvalue weighted by Crippen LogP contribution is 2.34. The van der Waals surface area contributed by atoms with Crippen molar-refractivity contribution >= 4 is 34.4 Å². The number of carboxylic acids is 2. The number of carbonyl (C=O) groups is 2. The minimum absolute atomic E-state index is 0.190. The van der Waals surface area contributed by atoms with Crippen LogP contribution in [-0.4, -0.2) is 61.5 Å². The molecular formula is C35H37ClN4O4. The highest BCUT2D eigenvalue weighted by Gasteiger charge is 2.23. The number of halogens is 1. The van der Waals surface area contributed by atoms with Gasteiger partial charge in [0.25, 0.3) is 0 Å². The maximum absolute atomic E-state index is 10.5. The molecule has 9 heteroatoms. The first-order chi connectivity index (χ1) is 21.3. The zero-order valence-corrected chi connectivity index (χ0v) is 25.5. The molecule has 0 bridgehead atoms. The molecule has 3 aromatic carbocycles. The van der Waals surface area contributed by atoms with Crippen LogP contribution < -0.4 is 0 Å². The summed E-state index contributed by atoms with van der Waals surface area (Å²) in [6.07, 6.45) is 12.1. The molecule has 44 heavy (non-hydrogen) atoms. The van der Waals surface area contributed by atoms with E-state index in [9.17, 15) is 9.59 Å². The fourth-order valence-electron chi connectivity index (χ4n) is 5.84. The van der Waals surface area contributed by atoms with E-state index in [-0.39, 0.29) is 11.1 Å². The van der Waals surface area contributed by atoms with E-state index >= 15 is 0 Å². The fraction of sp³-hybridized carbons (Fsp3) is 0.286. The van der Waals surface area contributed by atoms with Crippen LogP contribution in [0.5, 0.6) is 0 Å². The number of H-pyrrole nitrogens is 1. The molecule has 0 amide bonds. The maximum Gasteiger partial charge on any atom is 0.336 e. The summed E-state index contributed by atoms with van der Waals surface area (Å²) in [6.45, 7) is 5.60. The van der Waals surface area contributed by atoms with Crippen molar-refractivity contribution in [1.29, 1.82) is 0 Å². The molecule has 228 valence electrons. The van der Waals surface area contributed by atoms with Gasteiger partial charge in [0.15, 0.2) is 0 Å². The Hall–Kier alpha value is -4.40.